The van der Waals surface area contributed by atoms with Gasteiger partial charge in [0.2, 0.25) is 10.0 Å². The molecule has 1 aromatic carbocycles. The van der Waals surface area contributed by atoms with Gasteiger partial charge in [-0.05, 0) is 30.7 Å². The summed E-state index contributed by atoms with van der Waals surface area (Å²) in [5.74, 6) is -0.0315. The van der Waals surface area contributed by atoms with Crippen molar-refractivity contribution in [1.29, 1.82) is 5.26 Å². The number of hydrogen-bond donors (Lipinski definition) is 2. The average molecular weight is 239 g/mol. The van der Waals surface area contributed by atoms with Gasteiger partial charge in [-0.15, -0.1) is 0 Å². The Morgan fingerprint density at radius 3 is 2.44 bits per heavy atom. The summed E-state index contributed by atoms with van der Waals surface area (Å²) in [6.07, 6.45) is 0.457. The van der Waals surface area contributed by atoms with E-state index in [4.69, 9.17) is 10.4 Å². The van der Waals surface area contributed by atoms with Crippen molar-refractivity contribution in [3.63, 3.8) is 0 Å². The number of rotatable bonds is 5. The highest BCUT2D eigenvalue weighted by Crippen LogP contribution is 2.08. The van der Waals surface area contributed by atoms with Gasteiger partial charge in [0, 0.05) is 12.2 Å². The number of benzene rings is 1. The molecule has 0 amide bonds. The molecule has 0 unspecified atom stereocenters. The molecule has 1 rings (SSSR count). The van der Waals surface area contributed by atoms with Gasteiger partial charge in [0.15, 0.2) is 0 Å². The smallest absolute Gasteiger partial charge is 0.209 e. The maximum absolute atomic E-state index is 10.6. The number of nitrogens with two attached hydrogens (primary N) is 1. The van der Waals surface area contributed by atoms with Crippen molar-refractivity contribution in [2.75, 3.05) is 17.6 Å². The van der Waals surface area contributed by atoms with Gasteiger partial charge in [-0.3, -0.25) is 0 Å². The fraction of sp³-hybridized carbons (Fsp3) is 0.300. The standard InChI is InChI=1S/C10H13N3O2S/c11-8-9-2-4-10(5-3-9)13-6-1-7-16(12,14)15/h2-5,13H,1,6-7H2,(H2,12,14,15). The minimum atomic E-state index is -3.37. The Bertz CT molecular complexity index is 474. The molecule has 86 valence electrons. The normalized spacial score (nSPS) is 10.8. The van der Waals surface area contributed by atoms with Crippen LogP contribution in [0.4, 0.5) is 5.69 Å². The molecule has 5 nitrogen and oxygen atoms in total. The predicted molar refractivity (Wildman–Crippen MR) is 62.2 cm³/mol. The number of primary sulfonamides is 1. The van der Waals surface area contributed by atoms with Gasteiger partial charge in [-0.2, -0.15) is 5.26 Å². The Hall–Kier alpha value is -1.58. The van der Waals surface area contributed by atoms with Crippen molar-refractivity contribution in [3.8, 4) is 6.07 Å². The number of nitrogens with one attached hydrogen (secondary N) is 1. The molecular formula is C10H13N3O2S. The first kappa shape index (κ1) is 12.5. The van der Waals surface area contributed by atoms with Crippen LogP contribution < -0.4 is 10.5 Å². The Balaban J connectivity index is 2.36. The fourth-order valence-corrected chi connectivity index (χ4v) is 1.72. The van der Waals surface area contributed by atoms with Crippen LogP contribution in [0.15, 0.2) is 24.3 Å². The Morgan fingerprint density at radius 2 is 1.94 bits per heavy atom. The molecule has 0 saturated carbocycles. The molecule has 0 aliphatic rings. The van der Waals surface area contributed by atoms with Crippen molar-refractivity contribution in [1.82, 2.24) is 0 Å². The number of nitrogens with zero attached hydrogens (tertiary/aromatic N) is 1. The fourth-order valence-electron chi connectivity index (χ4n) is 1.17. The van der Waals surface area contributed by atoms with Crippen molar-refractivity contribution in [2.24, 2.45) is 5.14 Å². The monoisotopic (exact) mass is 239 g/mol. The highest BCUT2D eigenvalue weighted by Gasteiger charge is 2.01. The summed E-state index contributed by atoms with van der Waals surface area (Å²) in [6.45, 7) is 0.530. The van der Waals surface area contributed by atoms with Crippen LogP contribution >= 0.6 is 0 Å². The molecule has 0 aromatic heterocycles. The van der Waals surface area contributed by atoms with Crippen molar-refractivity contribution >= 4 is 15.7 Å². The van der Waals surface area contributed by atoms with Gasteiger partial charge in [-0.1, -0.05) is 0 Å². The molecule has 3 N–H and O–H groups in total. The van der Waals surface area contributed by atoms with Crippen LogP contribution in [0.5, 0.6) is 0 Å². The molecular weight excluding hydrogens is 226 g/mol. The molecule has 0 bridgehead atoms. The molecule has 0 heterocycles. The van der Waals surface area contributed by atoms with Crippen LogP contribution in [0.1, 0.15) is 12.0 Å². The molecule has 0 fully saturated rings. The minimum absolute atomic E-state index is 0.0315. The zero-order valence-electron chi connectivity index (χ0n) is 8.68. The third-order valence-electron chi connectivity index (χ3n) is 1.95. The molecule has 0 radical (unpaired) electrons. The van der Waals surface area contributed by atoms with Crippen molar-refractivity contribution in [2.45, 2.75) is 6.42 Å². The molecule has 0 aliphatic carbocycles. The first-order chi connectivity index (χ1) is 7.51. The first-order valence-electron chi connectivity index (χ1n) is 4.76. The summed E-state index contributed by atoms with van der Waals surface area (Å²) in [7, 11) is -3.37. The summed E-state index contributed by atoms with van der Waals surface area (Å²) < 4.78 is 21.3. The third kappa shape index (κ3) is 4.77. The molecule has 16 heavy (non-hydrogen) atoms. The molecule has 6 heteroatoms. The number of anilines is 1. The van der Waals surface area contributed by atoms with Crippen LogP contribution in [0.25, 0.3) is 0 Å². The van der Waals surface area contributed by atoms with Gasteiger partial charge >= 0.3 is 0 Å². The van der Waals surface area contributed by atoms with E-state index in [2.05, 4.69) is 5.32 Å². The number of sulfonamides is 1. The van der Waals surface area contributed by atoms with Crippen LogP contribution in [0.2, 0.25) is 0 Å². The summed E-state index contributed by atoms with van der Waals surface area (Å²) in [6, 6.07) is 8.96. The topological polar surface area (TPSA) is 96.0 Å². The molecule has 1 aromatic rings. The zero-order chi connectivity index (χ0) is 12.0. The van der Waals surface area contributed by atoms with E-state index in [1.54, 1.807) is 24.3 Å². The van der Waals surface area contributed by atoms with E-state index in [1.807, 2.05) is 6.07 Å². The van der Waals surface area contributed by atoms with Gasteiger partial charge in [-0.25, -0.2) is 13.6 Å². The van der Waals surface area contributed by atoms with E-state index in [0.29, 0.717) is 18.5 Å². The first-order valence-corrected chi connectivity index (χ1v) is 6.47. The van der Waals surface area contributed by atoms with Crippen LogP contribution in [0.3, 0.4) is 0 Å². The second-order valence-electron chi connectivity index (χ2n) is 3.34. The largest absolute Gasteiger partial charge is 0.385 e. The van der Waals surface area contributed by atoms with E-state index in [9.17, 15) is 8.42 Å². The SMILES string of the molecule is N#Cc1ccc(NCCCS(N)(=O)=O)cc1. The quantitative estimate of drug-likeness (QED) is 0.737. The van der Waals surface area contributed by atoms with E-state index in [0.717, 1.165) is 5.69 Å². The summed E-state index contributed by atoms with van der Waals surface area (Å²) in [5, 5.41) is 16.5. The van der Waals surface area contributed by atoms with E-state index < -0.39 is 10.0 Å². The molecule has 0 atom stereocenters. The second-order valence-corrected chi connectivity index (χ2v) is 5.07. The maximum Gasteiger partial charge on any atom is 0.209 e. The lowest BCUT2D eigenvalue weighted by Crippen LogP contribution is -2.18. The molecule has 0 aliphatic heterocycles. The van der Waals surface area contributed by atoms with Gasteiger partial charge in [0.25, 0.3) is 0 Å². The summed E-state index contributed by atoms with van der Waals surface area (Å²) in [5.41, 5.74) is 1.45. The van der Waals surface area contributed by atoms with Crippen LogP contribution in [-0.2, 0) is 10.0 Å². The third-order valence-corrected chi connectivity index (χ3v) is 2.81. The van der Waals surface area contributed by atoms with Gasteiger partial charge in [0.1, 0.15) is 0 Å². The summed E-state index contributed by atoms with van der Waals surface area (Å²) >= 11 is 0. The molecule has 0 saturated heterocycles. The van der Waals surface area contributed by atoms with E-state index in [1.165, 1.54) is 0 Å². The van der Waals surface area contributed by atoms with Gasteiger partial charge < -0.3 is 5.32 Å². The van der Waals surface area contributed by atoms with Crippen molar-refractivity contribution in [3.05, 3.63) is 29.8 Å². The van der Waals surface area contributed by atoms with Crippen LogP contribution in [0, 0.1) is 11.3 Å². The Kier molecular flexibility index (Phi) is 4.28. The average Bonchev–Trinajstić information content (AvgIpc) is 2.24. The lowest BCUT2D eigenvalue weighted by atomic mass is 10.2. The highest BCUT2D eigenvalue weighted by molar-refractivity contribution is 7.89. The van der Waals surface area contributed by atoms with Gasteiger partial charge in [0.05, 0.1) is 17.4 Å². The van der Waals surface area contributed by atoms with Crippen molar-refractivity contribution < 1.29 is 8.42 Å². The van der Waals surface area contributed by atoms with E-state index >= 15 is 0 Å². The Labute approximate surface area is 94.9 Å². The van der Waals surface area contributed by atoms with E-state index in [-0.39, 0.29) is 5.75 Å². The minimum Gasteiger partial charge on any atom is -0.385 e. The second kappa shape index (κ2) is 5.49. The summed E-state index contributed by atoms with van der Waals surface area (Å²) in [4.78, 5) is 0. The Morgan fingerprint density at radius 1 is 1.31 bits per heavy atom. The zero-order valence-corrected chi connectivity index (χ0v) is 9.50. The number of nitriles is 1. The predicted octanol–water partition coefficient (Wildman–Crippen LogP) is 0.649. The maximum atomic E-state index is 10.6. The lowest BCUT2D eigenvalue weighted by Gasteiger charge is -2.05. The molecule has 0 spiro atoms. The number of hydrogen-bond acceptors (Lipinski definition) is 4. The highest BCUT2D eigenvalue weighted by atomic mass is 32.2. The van der Waals surface area contributed by atoms with Crippen LogP contribution in [-0.4, -0.2) is 20.7 Å². The lowest BCUT2D eigenvalue weighted by molar-refractivity contribution is 0.596.